The molecule has 0 spiro atoms. The van der Waals surface area contributed by atoms with Crippen molar-refractivity contribution in [3.05, 3.63) is 72.0 Å². The monoisotopic (exact) mass is 380 g/mol. The molecule has 0 unspecified atom stereocenters. The second-order valence-electron chi connectivity index (χ2n) is 6.99. The topological polar surface area (TPSA) is 70.1 Å². The number of aromatic nitrogens is 2. The largest absolute Gasteiger partial charge is 0.394 e. The Balaban J connectivity index is 1.87. The Labute approximate surface area is 164 Å². The van der Waals surface area contributed by atoms with E-state index in [4.69, 9.17) is 0 Å². The predicted molar refractivity (Wildman–Crippen MR) is 111 cm³/mol. The average Bonchev–Trinajstić information content (AvgIpc) is 2.72. The molecule has 0 radical (unpaired) electrons. The smallest absolute Gasteiger partial charge is 0.225 e. The Morgan fingerprint density at radius 2 is 1.71 bits per heavy atom. The third kappa shape index (κ3) is 5.27. The van der Waals surface area contributed by atoms with Gasteiger partial charge in [-0.15, -0.1) is 0 Å². The second-order valence-corrected chi connectivity index (χ2v) is 6.99. The van der Waals surface area contributed by atoms with Gasteiger partial charge in [0.15, 0.2) is 0 Å². The molecule has 0 saturated heterocycles. The maximum atomic E-state index is 13.1. The van der Waals surface area contributed by atoms with Crippen LogP contribution < -0.4 is 10.6 Å². The lowest BCUT2D eigenvalue weighted by Crippen LogP contribution is -2.30. The first-order valence-corrected chi connectivity index (χ1v) is 9.35. The molecule has 3 aromatic rings. The summed E-state index contributed by atoms with van der Waals surface area (Å²) in [4.78, 5) is 9.16. The van der Waals surface area contributed by atoms with E-state index in [0.29, 0.717) is 18.3 Å². The zero-order valence-corrected chi connectivity index (χ0v) is 16.1. The first-order valence-electron chi connectivity index (χ1n) is 9.35. The summed E-state index contributed by atoms with van der Waals surface area (Å²) in [6.07, 6.45) is 0. The van der Waals surface area contributed by atoms with Crippen molar-refractivity contribution in [3.8, 4) is 11.3 Å². The van der Waals surface area contributed by atoms with Gasteiger partial charge in [0.1, 0.15) is 11.6 Å². The van der Waals surface area contributed by atoms with Crippen molar-refractivity contribution in [1.29, 1.82) is 0 Å². The molecule has 0 aliphatic rings. The van der Waals surface area contributed by atoms with E-state index >= 15 is 0 Å². The minimum atomic E-state index is -0.257. The van der Waals surface area contributed by atoms with Crippen molar-refractivity contribution in [2.45, 2.75) is 26.4 Å². The van der Waals surface area contributed by atoms with E-state index in [0.717, 1.165) is 16.8 Å². The molecule has 28 heavy (non-hydrogen) atoms. The van der Waals surface area contributed by atoms with Gasteiger partial charge in [0, 0.05) is 18.2 Å². The standard InChI is InChI=1S/C22H25FN4O/c1-15(2)20(14-28)26-22-25-19(17-6-4-3-5-7-17)12-21(27-22)24-13-16-8-10-18(23)11-9-16/h3-12,15,20,28H,13-14H2,1-2H3,(H2,24,25,26,27)/t20-/m1/s1. The third-order valence-corrected chi connectivity index (χ3v) is 4.50. The lowest BCUT2D eigenvalue weighted by molar-refractivity contribution is 0.248. The fraction of sp³-hybridized carbons (Fsp3) is 0.273. The number of rotatable bonds is 8. The van der Waals surface area contributed by atoms with Crippen LogP contribution in [0.5, 0.6) is 0 Å². The molecular formula is C22H25FN4O. The van der Waals surface area contributed by atoms with Gasteiger partial charge in [0.2, 0.25) is 5.95 Å². The Hall–Kier alpha value is -2.99. The van der Waals surface area contributed by atoms with E-state index in [1.54, 1.807) is 12.1 Å². The van der Waals surface area contributed by atoms with Gasteiger partial charge in [-0.3, -0.25) is 0 Å². The zero-order valence-electron chi connectivity index (χ0n) is 16.1. The maximum absolute atomic E-state index is 13.1. The van der Waals surface area contributed by atoms with Crippen LogP contribution in [0.3, 0.4) is 0 Å². The predicted octanol–water partition coefficient (Wildman–Crippen LogP) is 4.32. The number of nitrogens with one attached hydrogen (secondary N) is 2. The normalized spacial score (nSPS) is 12.0. The average molecular weight is 380 g/mol. The highest BCUT2D eigenvalue weighted by molar-refractivity contribution is 5.64. The molecule has 0 aliphatic heterocycles. The highest BCUT2D eigenvalue weighted by Gasteiger charge is 2.15. The van der Waals surface area contributed by atoms with Gasteiger partial charge in [-0.2, -0.15) is 4.98 Å². The number of aliphatic hydroxyl groups excluding tert-OH is 1. The van der Waals surface area contributed by atoms with Crippen molar-refractivity contribution < 1.29 is 9.50 Å². The van der Waals surface area contributed by atoms with Crippen molar-refractivity contribution in [3.63, 3.8) is 0 Å². The number of benzene rings is 2. The van der Waals surface area contributed by atoms with Crippen molar-refractivity contribution in [2.24, 2.45) is 5.92 Å². The molecule has 3 rings (SSSR count). The molecule has 3 N–H and O–H groups in total. The number of nitrogens with zero attached hydrogens (tertiary/aromatic N) is 2. The molecule has 1 heterocycles. The van der Waals surface area contributed by atoms with Crippen LogP contribution in [0.1, 0.15) is 19.4 Å². The second kappa shape index (κ2) is 9.28. The van der Waals surface area contributed by atoms with Gasteiger partial charge >= 0.3 is 0 Å². The Kier molecular flexibility index (Phi) is 6.55. The number of hydrogen-bond acceptors (Lipinski definition) is 5. The summed E-state index contributed by atoms with van der Waals surface area (Å²) in [5.74, 6) is 1.08. The molecular weight excluding hydrogens is 355 g/mol. The Morgan fingerprint density at radius 1 is 1.00 bits per heavy atom. The summed E-state index contributed by atoms with van der Waals surface area (Å²) >= 11 is 0. The van der Waals surface area contributed by atoms with Crippen LogP contribution in [-0.2, 0) is 6.54 Å². The molecule has 0 aliphatic carbocycles. The minimum Gasteiger partial charge on any atom is -0.394 e. The first kappa shape index (κ1) is 19.8. The molecule has 1 aromatic heterocycles. The van der Waals surface area contributed by atoms with E-state index in [1.807, 2.05) is 50.2 Å². The van der Waals surface area contributed by atoms with Crippen LogP contribution in [-0.4, -0.2) is 27.7 Å². The van der Waals surface area contributed by atoms with Gasteiger partial charge < -0.3 is 15.7 Å². The number of halogens is 1. The highest BCUT2D eigenvalue weighted by atomic mass is 19.1. The summed E-state index contributed by atoms with van der Waals surface area (Å²) in [5, 5.41) is 16.1. The van der Waals surface area contributed by atoms with E-state index in [9.17, 15) is 9.50 Å². The molecule has 0 bridgehead atoms. The molecule has 5 nitrogen and oxygen atoms in total. The van der Waals surface area contributed by atoms with Gasteiger partial charge in [-0.25, -0.2) is 9.37 Å². The van der Waals surface area contributed by atoms with Gasteiger partial charge in [0.05, 0.1) is 18.3 Å². The van der Waals surface area contributed by atoms with Crippen LogP contribution in [0, 0.1) is 11.7 Å². The number of hydrogen-bond donors (Lipinski definition) is 3. The first-order chi connectivity index (χ1) is 13.5. The molecule has 0 amide bonds. The van der Waals surface area contributed by atoms with Crippen molar-refractivity contribution in [1.82, 2.24) is 9.97 Å². The molecule has 0 fully saturated rings. The summed E-state index contributed by atoms with van der Waals surface area (Å²) in [7, 11) is 0. The van der Waals surface area contributed by atoms with Crippen molar-refractivity contribution >= 4 is 11.8 Å². The highest BCUT2D eigenvalue weighted by Crippen LogP contribution is 2.22. The third-order valence-electron chi connectivity index (χ3n) is 4.50. The SMILES string of the molecule is CC(C)[C@@H](CO)Nc1nc(NCc2ccc(F)cc2)cc(-c2ccccc2)n1. The fourth-order valence-corrected chi connectivity index (χ4v) is 2.74. The molecule has 2 aromatic carbocycles. The van der Waals surface area contributed by atoms with Gasteiger partial charge in [0.25, 0.3) is 0 Å². The molecule has 0 saturated carbocycles. The van der Waals surface area contributed by atoms with Crippen LogP contribution in [0.4, 0.5) is 16.2 Å². The van der Waals surface area contributed by atoms with Crippen molar-refractivity contribution in [2.75, 3.05) is 17.2 Å². The minimum absolute atomic E-state index is 0.00503. The zero-order chi connectivity index (χ0) is 19.9. The lowest BCUT2D eigenvalue weighted by Gasteiger charge is -2.20. The molecule has 1 atom stereocenters. The van der Waals surface area contributed by atoms with Crippen LogP contribution in [0.15, 0.2) is 60.7 Å². The van der Waals surface area contributed by atoms with Crippen LogP contribution in [0.2, 0.25) is 0 Å². The van der Waals surface area contributed by atoms with E-state index in [-0.39, 0.29) is 24.4 Å². The summed E-state index contributed by atoms with van der Waals surface area (Å²) in [5.41, 5.74) is 2.70. The summed E-state index contributed by atoms with van der Waals surface area (Å²) in [6.45, 7) is 4.57. The Morgan fingerprint density at radius 3 is 2.36 bits per heavy atom. The van der Waals surface area contributed by atoms with E-state index in [2.05, 4.69) is 20.6 Å². The maximum Gasteiger partial charge on any atom is 0.225 e. The number of anilines is 2. The summed E-state index contributed by atoms with van der Waals surface area (Å²) < 4.78 is 13.1. The van der Waals surface area contributed by atoms with E-state index in [1.165, 1.54) is 12.1 Å². The lowest BCUT2D eigenvalue weighted by atomic mass is 10.1. The van der Waals surface area contributed by atoms with Crippen LogP contribution in [0.25, 0.3) is 11.3 Å². The van der Waals surface area contributed by atoms with Crippen LogP contribution >= 0.6 is 0 Å². The fourth-order valence-electron chi connectivity index (χ4n) is 2.74. The molecule has 146 valence electrons. The quantitative estimate of drug-likeness (QED) is 0.543. The van der Waals surface area contributed by atoms with E-state index < -0.39 is 0 Å². The molecule has 6 heteroatoms. The number of aliphatic hydroxyl groups is 1. The Bertz CT molecular complexity index is 885. The van der Waals surface area contributed by atoms with Gasteiger partial charge in [-0.1, -0.05) is 56.3 Å². The summed E-state index contributed by atoms with van der Waals surface area (Å²) in [6, 6.07) is 17.9. The van der Waals surface area contributed by atoms with Gasteiger partial charge in [-0.05, 0) is 23.6 Å².